The summed E-state index contributed by atoms with van der Waals surface area (Å²) in [7, 11) is 0. The Morgan fingerprint density at radius 2 is 0.488 bits per heavy atom. The molecule has 0 amide bonds. The molecule has 6 heterocycles. The van der Waals surface area contributed by atoms with Gasteiger partial charge in [0.25, 0.3) is 0 Å². The van der Waals surface area contributed by atoms with Crippen molar-refractivity contribution in [2.75, 3.05) is 4.90 Å². The van der Waals surface area contributed by atoms with Gasteiger partial charge in [-0.3, -0.25) is 0 Å². The topological polar surface area (TPSA) is 81.3 Å². The van der Waals surface area contributed by atoms with Crippen LogP contribution in [0.3, 0.4) is 0 Å². The molecule has 0 fully saturated rings. The lowest BCUT2D eigenvalue weighted by Gasteiger charge is -2.32. The molecule has 0 radical (unpaired) electrons. The summed E-state index contributed by atoms with van der Waals surface area (Å²) in [6, 6.07) is 89.9. The molecule has 0 aliphatic carbocycles. The molecule has 0 unspecified atom stereocenters. The summed E-state index contributed by atoms with van der Waals surface area (Å²) in [5.41, 5.74) is 19.6. The molecule has 0 N–H and O–H groups in total. The molecular formula is C75H42N4O3. The Hall–Kier alpha value is -11.2. The van der Waals surface area contributed by atoms with Crippen LogP contribution in [0.25, 0.3) is 165 Å². The zero-order valence-electron chi connectivity index (χ0n) is 43.8. The summed E-state index contributed by atoms with van der Waals surface area (Å²) in [6.07, 6.45) is 0. The van der Waals surface area contributed by atoms with E-state index < -0.39 is 0 Å². The second kappa shape index (κ2) is 17.2. The zero-order valence-corrected chi connectivity index (χ0v) is 43.8. The predicted octanol–water partition coefficient (Wildman–Crippen LogP) is 21.0. The maximum Gasteiger partial charge on any atom is 0.135 e. The lowest BCUT2D eigenvalue weighted by atomic mass is 9.93. The number of rotatable bonds is 6. The number of nitrogens with zero attached hydrogens (tertiary/aromatic N) is 4. The highest BCUT2D eigenvalue weighted by Gasteiger charge is 2.26. The predicted molar refractivity (Wildman–Crippen MR) is 338 cm³/mol. The van der Waals surface area contributed by atoms with Gasteiger partial charge < -0.3 is 18.2 Å². The number of benzene rings is 12. The van der Waals surface area contributed by atoms with Gasteiger partial charge in [0.1, 0.15) is 33.5 Å². The van der Waals surface area contributed by atoms with Gasteiger partial charge in [-0.15, -0.1) is 0 Å². The van der Waals surface area contributed by atoms with E-state index in [2.05, 4.69) is 241 Å². The Bertz CT molecular complexity index is 5190. The van der Waals surface area contributed by atoms with Gasteiger partial charge in [-0.25, -0.2) is 15.0 Å². The van der Waals surface area contributed by atoms with E-state index in [1.54, 1.807) is 0 Å². The Morgan fingerprint density at radius 1 is 0.207 bits per heavy atom. The third-order valence-corrected chi connectivity index (χ3v) is 16.8. The first kappa shape index (κ1) is 44.8. The highest BCUT2D eigenvalue weighted by atomic mass is 16.3. The Morgan fingerprint density at radius 3 is 0.829 bits per heavy atom. The molecule has 0 saturated carbocycles. The fourth-order valence-corrected chi connectivity index (χ4v) is 13.2. The van der Waals surface area contributed by atoms with Crippen molar-refractivity contribution in [3.8, 4) is 33.4 Å². The second-order valence-electron chi connectivity index (χ2n) is 21.3. The molecule has 0 bridgehead atoms. The van der Waals surface area contributed by atoms with Crippen LogP contribution in [0.4, 0.5) is 17.1 Å². The lowest BCUT2D eigenvalue weighted by Crippen LogP contribution is -2.13. The summed E-state index contributed by atoms with van der Waals surface area (Å²) >= 11 is 0. The minimum Gasteiger partial charge on any atom is -0.456 e. The van der Waals surface area contributed by atoms with Crippen LogP contribution in [0.15, 0.2) is 268 Å². The molecule has 7 nitrogen and oxygen atoms in total. The highest BCUT2D eigenvalue weighted by molar-refractivity contribution is 6.24. The molecule has 18 aromatic rings. The van der Waals surface area contributed by atoms with Gasteiger partial charge in [0, 0.05) is 81.3 Å². The van der Waals surface area contributed by atoms with Gasteiger partial charge in [0.05, 0.1) is 50.2 Å². The lowest BCUT2D eigenvalue weighted by molar-refractivity contribution is 0.661. The average molecular weight is 1050 g/mol. The molecular weight excluding hydrogens is 1000 g/mol. The zero-order chi connectivity index (χ0) is 53.6. The van der Waals surface area contributed by atoms with Crippen LogP contribution in [0, 0.1) is 0 Å². The first-order chi connectivity index (χ1) is 40.6. The molecule has 82 heavy (non-hydrogen) atoms. The molecule has 0 saturated heterocycles. The maximum atomic E-state index is 6.92. The van der Waals surface area contributed by atoms with Gasteiger partial charge in [-0.2, -0.15) is 0 Å². The Balaban J connectivity index is 0.915. The molecule has 6 aromatic heterocycles. The van der Waals surface area contributed by atoms with Crippen molar-refractivity contribution >= 4 is 148 Å². The number of anilines is 3. The fraction of sp³-hybridized carbons (Fsp3) is 0. The monoisotopic (exact) mass is 1050 g/mol. The maximum absolute atomic E-state index is 6.92. The number of aromatic nitrogens is 3. The van der Waals surface area contributed by atoms with E-state index in [9.17, 15) is 0 Å². The summed E-state index contributed by atoms with van der Waals surface area (Å²) < 4.78 is 20.8. The van der Waals surface area contributed by atoms with Gasteiger partial charge in [-0.05, 0) is 126 Å². The molecule has 0 atom stereocenters. The SMILES string of the molecule is c1ccc(N(c2ccccc2-c2cccc3oc4ccc5nc6ccccc6c5c4cc23)c2ccccc2-c2cccc3oc4ccc5nc6ccccc6c5c4cc23)c(-c2cccc3oc4ccc5nc6ccccc6c5c4cc23)c1. The van der Waals surface area contributed by atoms with Crippen LogP contribution < -0.4 is 4.90 Å². The van der Waals surface area contributed by atoms with Crippen LogP contribution in [0.5, 0.6) is 0 Å². The second-order valence-corrected chi connectivity index (χ2v) is 21.3. The summed E-state index contributed by atoms with van der Waals surface area (Å²) in [6.45, 7) is 0. The van der Waals surface area contributed by atoms with Crippen molar-refractivity contribution in [2.24, 2.45) is 0 Å². The Labute approximate surface area is 467 Å². The van der Waals surface area contributed by atoms with Crippen molar-refractivity contribution < 1.29 is 13.3 Å². The molecule has 12 aromatic carbocycles. The average Bonchev–Trinajstić information content (AvgIpc) is 3.16. The van der Waals surface area contributed by atoms with Crippen LogP contribution in [0.2, 0.25) is 0 Å². The van der Waals surface area contributed by atoms with Crippen LogP contribution in [-0.2, 0) is 0 Å². The van der Waals surface area contributed by atoms with E-state index in [-0.39, 0.29) is 0 Å². The third kappa shape index (κ3) is 6.56. The molecule has 380 valence electrons. The number of hydrogen-bond donors (Lipinski definition) is 0. The fourth-order valence-electron chi connectivity index (χ4n) is 13.2. The summed E-state index contributed by atoms with van der Waals surface area (Å²) in [4.78, 5) is 17.6. The Kier molecular flexibility index (Phi) is 9.38. The standard InChI is InChI=1S/C75H42N4O3/c1-7-25-58-49(19-1)73-55-40-52-43(22-13-31-67(52)80-70(55)37-34-61(73)76-58)46-16-4-10-28-64(46)79(65-29-11-5-17-47(65)44-23-14-32-68-53(44)41-56-71(81-68)38-35-62-74(56)50-20-2-8-26-59(50)77-62)66-30-12-6-18-48(66)45-24-15-33-69-54(45)42-57-72(82-69)39-36-63-75(57)51-21-3-9-27-60(51)78-63/h1-42H. The van der Waals surface area contributed by atoms with Crippen LogP contribution in [0.1, 0.15) is 0 Å². The first-order valence-corrected chi connectivity index (χ1v) is 27.6. The van der Waals surface area contributed by atoms with E-state index in [4.69, 9.17) is 28.2 Å². The summed E-state index contributed by atoms with van der Waals surface area (Å²) in [5, 5.41) is 12.6. The van der Waals surface area contributed by atoms with Crippen molar-refractivity contribution in [3.63, 3.8) is 0 Å². The molecule has 7 heteroatoms. The van der Waals surface area contributed by atoms with E-state index >= 15 is 0 Å². The van der Waals surface area contributed by atoms with Gasteiger partial charge in [-0.1, -0.05) is 146 Å². The van der Waals surface area contributed by atoms with Gasteiger partial charge >= 0.3 is 0 Å². The van der Waals surface area contributed by atoms with Crippen molar-refractivity contribution in [2.45, 2.75) is 0 Å². The number of hydrogen-bond acceptors (Lipinski definition) is 7. The number of fused-ring (bicyclic) bond motifs is 18. The van der Waals surface area contributed by atoms with Crippen LogP contribution in [-0.4, -0.2) is 15.0 Å². The first-order valence-electron chi connectivity index (χ1n) is 27.6. The van der Waals surface area contributed by atoms with Crippen molar-refractivity contribution in [3.05, 3.63) is 255 Å². The van der Waals surface area contributed by atoms with E-state index in [0.29, 0.717) is 0 Å². The summed E-state index contributed by atoms with van der Waals surface area (Å²) in [5.74, 6) is 0. The van der Waals surface area contributed by atoms with Crippen molar-refractivity contribution in [1.29, 1.82) is 0 Å². The molecule has 0 aliphatic heterocycles. The van der Waals surface area contributed by atoms with E-state index in [1.807, 2.05) is 18.2 Å². The van der Waals surface area contributed by atoms with Gasteiger partial charge in [0.15, 0.2) is 0 Å². The molecule has 0 aliphatic rings. The largest absolute Gasteiger partial charge is 0.456 e. The van der Waals surface area contributed by atoms with Crippen molar-refractivity contribution in [1.82, 2.24) is 15.0 Å². The smallest absolute Gasteiger partial charge is 0.135 e. The highest BCUT2D eigenvalue weighted by Crippen LogP contribution is 2.51. The minimum atomic E-state index is 0.789. The molecule has 18 rings (SSSR count). The normalized spacial score (nSPS) is 12.1. The minimum absolute atomic E-state index is 0.789. The molecule has 0 spiro atoms. The quantitative estimate of drug-likeness (QED) is 0.153. The van der Waals surface area contributed by atoms with E-state index in [0.717, 1.165) is 182 Å². The third-order valence-electron chi connectivity index (χ3n) is 16.8. The van der Waals surface area contributed by atoms with E-state index in [1.165, 1.54) is 0 Å². The number of para-hydroxylation sites is 6. The van der Waals surface area contributed by atoms with Crippen LogP contribution >= 0.6 is 0 Å². The van der Waals surface area contributed by atoms with Gasteiger partial charge in [0.2, 0.25) is 0 Å².